The summed E-state index contributed by atoms with van der Waals surface area (Å²) in [5.74, 6) is 5.56. The summed E-state index contributed by atoms with van der Waals surface area (Å²) >= 11 is 0. The van der Waals surface area contributed by atoms with E-state index in [1.54, 1.807) is 25.2 Å². The van der Waals surface area contributed by atoms with Crippen molar-refractivity contribution in [1.82, 2.24) is 10.6 Å². The fourth-order valence-corrected chi connectivity index (χ4v) is 2.09. The second-order valence-electron chi connectivity index (χ2n) is 5.10. The zero-order valence-electron chi connectivity index (χ0n) is 13.6. The Hall–Kier alpha value is -3.26. The van der Waals surface area contributed by atoms with E-state index in [1.807, 2.05) is 37.3 Å². The average Bonchev–Trinajstić information content (AvgIpc) is 2.58. The molecule has 0 aliphatic rings. The van der Waals surface area contributed by atoms with E-state index in [-0.39, 0.29) is 18.5 Å². The molecule has 0 heterocycles. The number of urea groups is 1. The fraction of sp³-hybridized carbons (Fsp3) is 0.158. The minimum Gasteiger partial charge on any atom is -0.355 e. The number of carbonyl (C=O) groups excluding carboxylic acids is 2. The number of anilines is 1. The highest BCUT2D eigenvalue weighted by atomic mass is 16.2. The van der Waals surface area contributed by atoms with Crippen LogP contribution in [0, 0.1) is 18.8 Å². The van der Waals surface area contributed by atoms with Crippen LogP contribution in [-0.2, 0) is 0 Å². The molecule has 24 heavy (non-hydrogen) atoms. The lowest BCUT2D eigenvalue weighted by atomic mass is 10.1. The van der Waals surface area contributed by atoms with Crippen molar-refractivity contribution in [1.29, 1.82) is 0 Å². The molecule has 0 atom stereocenters. The first-order valence-corrected chi connectivity index (χ1v) is 7.51. The molecule has 0 saturated carbocycles. The topological polar surface area (TPSA) is 70.2 Å². The monoisotopic (exact) mass is 321 g/mol. The zero-order valence-corrected chi connectivity index (χ0v) is 13.6. The van der Waals surface area contributed by atoms with Crippen molar-refractivity contribution < 1.29 is 9.59 Å². The van der Waals surface area contributed by atoms with Gasteiger partial charge >= 0.3 is 6.03 Å². The van der Waals surface area contributed by atoms with Crippen molar-refractivity contribution in [2.45, 2.75) is 6.92 Å². The van der Waals surface area contributed by atoms with E-state index in [4.69, 9.17) is 0 Å². The van der Waals surface area contributed by atoms with E-state index in [1.165, 1.54) is 0 Å². The van der Waals surface area contributed by atoms with Gasteiger partial charge in [-0.3, -0.25) is 4.79 Å². The highest BCUT2D eigenvalue weighted by Crippen LogP contribution is 2.09. The number of hydrogen-bond donors (Lipinski definition) is 3. The Morgan fingerprint density at radius 1 is 1.08 bits per heavy atom. The van der Waals surface area contributed by atoms with Crippen molar-refractivity contribution >= 4 is 17.6 Å². The van der Waals surface area contributed by atoms with Crippen molar-refractivity contribution in [3.8, 4) is 11.8 Å². The van der Waals surface area contributed by atoms with E-state index < -0.39 is 0 Å². The number of amides is 3. The minimum atomic E-state index is -0.325. The van der Waals surface area contributed by atoms with Gasteiger partial charge in [-0.25, -0.2) is 4.79 Å². The second kappa shape index (κ2) is 8.39. The fourth-order valence-electron chi connectivity index (χ4n) is 2.09. The lowest BCUT2D eigenvalue weighted by molar-refractivity contribution is 0.0963. The maximum Gasteiger partial charge on any atom is 0.319 e. The SMILES string of the molecule is CNC(=O)c1ccccc1C#CCNC(=O)Nc1cccc(C)c1. The molecule has 0 bridgehead atoms. The third-order valence-corrected chi connectivity index (χ3v) is 3.24. The Labute approximate surface area is 141 Å². The van der Waals surface area contributed by atoms with Crippen LogP contribution in [0.4, 0.5) is 10.5 Å². The second-order valence-corrected chi connectivity index (χ2v) is 5.10. The molecule has 3 N–H and O–H groups in total. The molecule has 2 rings (SSSR count). The lowest BCUT2D eigenvalue weighted by Crippen LogP contribution is -2.28. The number of nitrogens with one attached hydrogen (secondary N) is 3. The molecule has 0 spiro atoms. The smallest absolute Gasteiger partial charge is 0.319 e. The van der Waals surface area contributed by atoms with Crippen LogP contribution in [0.3, 0.4) is 0 Å². The van der Waals surface area contributed by atoms with Crippen LogP contribution in [0.15, 0.2) is 48.5 Å². The van der Waals surface area contributed by atoms with Gasteiger partial charge in [0.05, 0.1) is 12.1 Å². The number of benzene rings is 2. The van der Waals surface area contributed by atoms with Gasteiger partial charge in [0.1, 0.15) is 0 Å². The van der Waals surface area contributed by atoms with Crippen LogP contribution in [0.5, 0.6) is 0 Å². The van der Waals surface area contributed by atoms with Crippen LogP contribution in [0.25, 0.3) is 0 Å². The molecule has 0 saturated heterocycles. The molecule has 0 aromatic heterocycles. The quantitative estimate of drug-likeness (QED) is 0.760. The summed E-state index contributed by atoms with van der Waals surface area (Å²) in [4.78, 5) is 23.5. The van der Waals surface area contributed by atoms with Crippen molar-refractivity contribution in [3.05, 3.63) is 65.2 Å². The summed E-state index contributed by atoms with van der Waals surface area (Å²) in [6.07, 6.45) is 0. The molecule has 2 aromatic carbocycles. The Morgan fingerprint density at radius 2 is 1.88 bits per heavy atom. The third-order valence-electron chi connectivity index (χ3n) is 3.24. The summed E-state index contributed by atoms with van der Waals surface area (Å²) in [5, 5.41) is 7.97. The highest BCUT2D eigenvalue weighted by Gasteiger charge is 2.06. The summed E-state index contributed by atoms with van der Waals surface area (Å²) < 4.78 is 0. The van der Waals surface area contributed by atoms with Crippen molar-refractivity contribution in [2.75, 3.05) is 18.9 Å². The average molecular weight is 321 g/mol. The largest absolute Gasteiger partial charge is 0.355 e. The van der Waals surface area contributed by atoms with E-state index in [2.05, 4.69) is 27.8 Å². The molecule has 0 aliphatic heterocycles. The standard InChI is InChI=1S/C19H19N3O2/c1-14-7-5-10-16(13-14)22-19(24)21-12-6-9-15-8-3-4-11-17(15)18(23)20-2/h3-5,7-8,10-11,13H,12H2,1-2H3,(H,20,23)(H2,21,22,24). The maximum atomic E-state index is 11.8. The molecule has 5 nitrogen and oxygen atoms in total. The first-order valence-electron chi connectivity index (χ1n) is 7.51. The molecule has 2 aromatic rings. The van der Waals surface area contributed by atoms with Gasteiger partial charge in [0, 0.05) is 18.3 Å². The normalized spacial score (nSPS) is 9.42. The van der Waals surface area contributed by atoms with Crippen LogP contribution in [-0.4, -0.2) is 25.5 Å². The molecular weight excluding hydrogens is 302 g/mol. The van der Waals surface area contributed by atoms with Crippen LogP contribution in [0.2, 0.25) is 0 Å². The number of aryl methyl sites for hydroxylation is 1. The number of rotatable bonds is 3. The van der Waals surface area contributed by atoms with Gasteiger partial charge in [-0.1, -0.05) is 36.1 Å². The summed E-state index contributed by atoms with van der Waals surface area (Å²) in [6.45, 7) is 2.14. The Morgan fingerprint density at radius 3 is 2.62 bits per heavy atom. The third kappa shape index (κ3) is 4.89. The van der Waals surface area contributed by atoms with Gasteiger partial charge in [0.25, 0.3) is 5.91 Å². The van der Waals surface area contributed by atoms with E-state index in [0.29, 0.717) is 11.1 Å². The maximum absolute atomic E-state index is 11.8. The van der Waals surface area contributed by atoms with Gasteiger partial charge in [-0.05, 0) is 36.8 Å². The van der Waals surface area contributed by atoms with E-state index in [9.17, 15) is 9.59 Å². The summed E-state index contributed by atoms with van der Waals surface area (Å²) in [6, 6.07) is 14.3. The molecule has 0 radical (unpaired) electrons. The van der Waals surface area contributed by atoms with E-state index >= 15 is 0 Å². The molecule has 122 valence electrons. The van der Waals surface area contributed by atoms with Gasteiger partial charge in [0.2, 0.25) is 0 Å². The highest BCUT2D eigenvalue weighted by molar-refractivity contribution is 5.96. The van der Waals surface area contributed by atoms with Gasteiger partial charge in [-0.2, -0.15) is 0 Å². The van der Waals surface area contributed by atoms with Gasteiger partial charge < -0.3 is 16.0 Å². The zero-order chi connectivity index (χ0) is 17.4. The molecular formula is C19H19N3O2. The lowest BCUT2D eigenvalue weighted by Gasteiger charge is -2.05. The predicted octanol–water partition coefficient (Wildman–Crippen LogP) is 2.53. The molecule has 3 amide bonds. The first kappa shape index (κ1) is 17.1. The van der Waals surface area contributed by atoms with Crippen molar-refractivity contribution in [2.24, 2.45) is 0 Å². The Bertz CT molecular complexity index is 803. The molecule has 0 fully saturated rings. The van der Waals surface area contributed by atoms with Crippen LogP contribution in [0.1, 0.15) is 21.5 Å². The van der Waals surface area contributed by atoms with E-state index in [0.717, 1.165) is 11.3 Å². The summed E-state index contributed by atoms with van der Waals surface area (Å²) in [5.41, 5.74) is 2.93. The molecule has 0 unspecified atom stereocenters. The summed E-state index contributed by atoms with van der Waals surface area (Å²) in [7, 11) is 1.57. The molecule has 0 aliphatic carbocycles. The predicted molar refractivity (Wildman–Crippen MR) is 94.9 cm³/mol. The minimum absolute atomic E-state index is 0.180. The Balaban J connectivity index is 1.92. The first-order chi connectivity index (χ1) is 11.6. The van der Waals surface area contributed by atoms with Crippen LogP contribution >= 0.6 is 0 Å². The van der Waals surface area contributed by atoms with Gasteiger partial charge in [-0.15, -0.1) is 0 Å². The molecule has 5 heteroatoms. The Kier molecular flexibility index (Phi) is 5.98. The van der Waals surface area contributed by atoms with Crippen LogP contribution < -0.4 is 16.0 Å². The number of hydrogen-bond acceptors (Lipinski definition) is 2. The number of carbonyl (C=O) groups is 2. The van der Waals surface area contributed by atoms with Gasteiger partial charge in [0.15, 0.2) is 0 Å². The van der Waals surface area contributed by atoms with Crippen molar-refractivity contribution in [3.63, 3.8) is 0 Å².